The quantitative estimate of drug-likeness (QED) is 0.837. The number of aliphatic hydroxyl groups is 1. The lowest BCUT2D eigenvalue weighted by molar-refractivity contribution is -0.0207. The fourth-order valence-corrected chi connectivity index (χ4v) is 4.40. The molecular formula is C23H30N4O2. The van der Waals surface area contributed by atoms with Crippen LogP contribution in [0.5, 0.6) is 0 Å². The van der Waals surface area contributed by atoms with E-state index in [4.69, 9.17) is 0 Å². The highest BCUT2D eigenvalue weighted by molar-refractivity contribution is 5.74. The van der Waals surface area contributed by atoms with Gasteiger partial charge in [0.2, 0.25) is 0 Å². The van der Waals surface area contributed by atoms with E-state index in [-0.39, 0.29) is 12.1 Å². The Morgan fingerprint density at radius 1 is 1.10 bits per heavy atom. The molecule has 2 aliphatic rings. The van der Waals surface area contributed by atoms with Crippen molar-refractivity contribution in [1.29, 1.82) is 0 Å². The number of likely N-dealkylation sites (tertiary alicyclic amines) is 2. The SMILES string of the molecule is O=C(N[C@H]1CCCN(Cc2ccccc2)C1)N1CCC(O)(c2ccccn2)CC1. The molecule has 0 aliphatic carbocycles. The molecule has 0 spiro atoms. The molecule has 1 aromatic carbocycles. The second kappa shape index (κ2) is 8.93. The summed E-state index contributed by atoms with van der Waals surface area (Å²) in [6.45, 7) is 3.96. The fraction of sp³-hybridized carbons (Fsp3) is 0.478. The molecule has 2 amide bonds. The number of hydrogen-bond acceptors (Lipinski definition) is 4. The number of carbonyl (C=O) groups is 1. The first-order chi connectivity index (χ1) is 14.1. The summed E-state index contributed by atoms with van der Waals surface area (Å²) in [6.07, 6.45) is 4.85. The van der Waals surface area contributed by atoms with Gasteiger partial charge >= 0.3 is 6.03 Å². The Balaban J connectivity index is 1.27. The summed E-state index contributed by atoms with van der Waals surface area (Å²) in [4.78, 5) is 21.3. The van der Waals surface area contributed by atoms with Crippen LogP contribution in [0.1, 0.15) is 36.9 Å². The lowest BCUT2D eigenvalue weighted by atomic mass is 9.88. The van der Waals surface area contributed by atoms with E-state index in [0.29, 0.717) is 31.6 Å². The summed E-state index contributed by atoms with van der Waals surface area (Å²) >= 11 is 0. The first-order valence-corrected chi connectivity index (χ1v) is 10.6. The second-order valence-corrected chi connectivity index (χ2v) is 8.24. The maximum absolute atomic E-state index is 12.8. The third kappa shape index (κ3) is 4.95. The molecule has 1 atom stereocenters. The summed E-state index contributed by atoms with van der Waals surface area (Å²) in [5, 5.41) is 14.1. The van der Waals surface area contributed by atoms with Crippen molar-refractivity contribution in [3.63, 3.8) is 0 Å². The molecule has 6 nitrogen and oxygen atoms in total. The van der Waals surface area contributed by atoms with Crippen LogP contribution in [0.2, 0.25) is 0 Å². The molecule has 1 aromatic heterocycles. The van der Waals surface area contributed by atoms with Crippen LogP contribution in [0.4, 0.5) is 4.79 Å². The molecule has 0 unspecified atom stereocenters. The molecule has 2 saturated heterocycles. The smallest absolute Gasteiger partial charge is 0.317 e. The number of amides is 2. The first-order valence-electron chi connectivity index (χ1n) is 10.6. The maximum Gasteiger partial charge on any atom is 0.317 e. The Morgan fingerprint density at radius 2 is 1.86 bits per heavy atom. The number of hydrogen-bond donors (Lipinski definition) is 2. The van der Waals surface area contributed by atoms with Crippen molar-refractivity contribution in [2.24, 2.45) is 0 Å². The van der Waals surface area contributed by atoms with E-state index in [0.717, 1.165) is 32.5 Å². The van der Waals surface area contributed by atoms with E-state index in [2.05, 4.69) is 39.5 Å². The topological polar surface area (TPSA) is 68.7 Å². The largest absolute Gasteiger partial charge is 0.383 e. The van der Waals surface area contributed by atoms with E-state index in [1.54, 1.807) is 6.20 Å². The molecule has 3 heterocycles. The molecule has 0 bridgehead atoms. The minimum atomic E-state index is -0.935. The summed E-state index contributed by atoms with van der Waals surface area (Å²) in [6, 6.07) is 16.2. The summed E-state index contributed by atoms with van der Waals surface area (Å²) in [5.41, 5.74) is 1.07. The van der Waals surface area contributed by atoms with E-state index < -0.39 is 5.60 Å². The predicted octanol–water partition coefficient (Wildman–Crippen LogP) is 2.74. The molecule has 29 heavy (non-hydrogen) atoms. The Hall–Kier alpha value is -2.44. The summed E-state index contributed by atoms with van der Waals surface area (Å²) in [5.74, 6) is 0. The van der Waals surface area contributed by atoms with Gasteiger partial charge in [-0.3, -0.25) is 9.88 Å². The van der Waals surface area contributed by atoms with Crippen molar-refractivity contribution in [2.75, 3.05) is 26.2 Å². The zero-order chi connectivity index (χ0) is 20.1. The van der Waals surface area contributed by atoms with Gasteiger partial charge in [0, 0.05) is 38.4 Å². The van der Waals surface area contributed by atoms with E-state index in [1.807, 2.05) is 29.2 Å². The van der Waals surface area contributed by atoms with Gasteiger partial charge < -0.3 is 15.3 Å². The predicted molar refractivity (Wildman–Crippen MR) is 112 cm³/mol. The van der Waals surface area contributed by atoms with Crippen LogP contribution in [0.3, 0.4) is 0 Å². The van der Waals surface area contributed by atoms with E-state index in [1.165, 1.54) is 5.56 Å². The van der Waals surface area contributed by atoms with Gasteiger partial charge in [-0.2, -0.15) is 0 Å². The standard InChI is InChI=1S/C23H30N4O2/c28-22(27-15-11-23(29,12-16-27)21-10-4-5-13-24-21)25-20-9-6-14-26(18-20)17-19-7-2-1-3-8-19/h1-5,7-8,10,13,20,29H,6,9,11-12,14-18H2,(H,25,28)/t20-/m0/s1. The molecule has 2 fully saturated rings. The van der Waals surface area contributed by atoms with Gasteiger partial charge in [-0.25, -0.2) is 4.79 Å². The van der Waals surface area contributed by atoms with Crippen LogP contribution in [-0.4, -0.2) is 58.1 Å². The highest BCUT2D eigenvalue weighted by Crippen LogP contribution is 2.31. The third-order valence-electron chi connectivity index (χ3n) is 6.10. The minimum absolute atomic E-state index is 0.0142. The van der Waals surface area contributed by atoms with Gasteiger partial charge in [0.05, 0.1) is 5.69 Å². The van der Waals surface area contributed by atoms with Crippen molar-refractivity contribution in [2.45, 2.75) is 43.9 Å². The Kier molecular flexibility index (Phi) is 6.11. The van der Waals surface area contributed by atoms with E-state index >= 15 is 0 Å². The second-order valence-electron chi connectivity index (χ2n) is 8.24. The number of urea groups is 1. The molecule has 0 radical (unpaired) electrons. The van der Waals surface area contributed by atoms with Crippen molar-refractivity contribution >= 4 is 6.03 Å². The summed E-state index contributed by atoms with van der Waals surface area (Å²) in [7, 11) is 0. The number of benzene rings is 1. The lowest BCUT2D eigenvalue weighted by Crippen LogP contribution is -2.54. The molecule has 2 N–H and O–H groups in total. The molecule has 2 aliphatic heterocycles. The van der Waals surface area contributed by atoms with Crippen LogP contribution >= 0.6 is 0 Å². The number of pyridine rings is 1. The van der Waals surface area contributed by atoms with Crippen LogP contribution < -0.4 is 5.32 Å². The van der Waals surface area contributed by atoms with Crippen LogP contribution in [0, 0.1) is 0 Å². The molecule has 6 heteroatoms. The number of rotatable bonds is 4. The van der Waals surface area contributed by atoms with Gasteiger partial charge in [-0.15, -0.1) is 0 Å². The van der Waals surface area contributed by atoms with Gasteiger partial charge in [0.15, 0.2) is 0 Å². The normalized spacial score (nSPS) is 22.2. The van der Waals surface area contributed by atoms with Crippen molar-refractivity contribution in [3.05, 3.63) is 66.0 Å². The van der Waals surface area contributed by atoms with Crippen molar-refractivity contribution in [3.8, 4) is 0 Å². The highest BCUT2D eigenvalue weighted by Gasteiger charge is 2.37. The van der Waals surface area contributed by atoms with E-state index in [9.17, 15) is 9.90 Å². The highest BCUT2D eigenvalue weighted by atomic mass is 16.3. The minimum Gasteiger partial charge on any atom is -0.383 e. The number of aromatic nitrogens is 1. The van der Waals surface area contributed by atoms with Crippen LogP contribution in [-0.2, 0) is 12.1 Å². The molecule has 4 rings (SSSR count). The molecule has 0 saturated carbocycles. The monoisotopic (exact) mass is 394 g/mol. The molecule has 2 aromatic rings. The Labute approximate surface area is 172 Å². The maximum atomic E-state index is 12.8. The van der Waals surface area contributed by atoms with Crippen molar-refractivity contribution < 1.29 is 9.90 Å². The average molecular weight is 395 g/mol. The Morgan fingerprint density at radius 3 is 2.59 bits per heavy atom. The van der Waals surface area contributed by atoms with Crippen LogP contribution in [0.15, 0.2) is 54.7 Å². The van der Waals surface area contributed by atoms with Gasteiger partial charge in [-0.05, 0) is 49.9 Å². The lowest BCUT2D eigenvalue weighted by Gasteiger charge is -2.39. The number of nitrogens with zero attached hydrogens (tertiary/aromatic N) is 3. The number of carbonyl (C=O) groups excluding carboxylic acids is 1. The van der Waals surface area contributed by atoms with Crippen molar-refractivity contribution in [1.82, 2.24) is 20.1 Å². The fourth-order valence-electron chi connectivity index (χ4n) is 4.40. The average Bonchev–Trinajstić information content (AvgIpc) is 2.76. The Bertz CT molecular complexity index is 791. The zero-order valence-corrected chi connectivity index (χ0v) is 16.8. The molecule has 154 valence electrons. The molecular weight excluding hydrogens is 364 g/mol. The number of piperidine rings is 2. The van der Waals surface area contributed by atoms with Gasteiger partial charge in [0.1, 0.15) is 5.60 Å². The third-order valence-corrected chi connectivity index (χ3v) is 6.10. The zero-order valence-electron chi connectivity index (χ0n) is 16.8. The summed E-state index contributed by atoms with van der Waals surface area (Å²) < 4.78 is 0. The number of nitrogens with one attached hydrogen (secondary N) is 1. The van der Waals surface area contributed by atoms with Gasteiger partial charge in [-0.1, -0.05) is 36.4 Å². The van der Waals surface area contributed by atoms with Crippen LogP contribution in [0.25, 0.3) is 0 Å². The van der Waals surface area contributed by atoms with Gasteiger partial charge in [0.25, 0.3) is 0 Å². The first kappa shape index (κ1) is 19.9.